The summed E-state index contributed by atoms with van der Waals surface area (Å²) in [6, 6.07) is 5.89. The minimum atomic E-state index is -0.0804. The Hall–Kier alpha value is -1.95. The van der Waals surface area contributed by atoms with Gasteiger partial charge in [-0.05, 0) is 23.6 Å². The lowest BCUT2D eigenvalue weighted by molar-refractivity contribution is -0.118. The number of hydrogen-bond acceptors (Lipinski definition) is 2. The molecule has 1 aromatic rings. The number of nitrogens with one attached hydrogen (secondary N) is 1. The molecule has 0 fully saturated rings. The molecule has 3 nitrogen and oxygen atoms in total. The maximum Gasteiger partial charge on any atom is 0.217 e. The minimum Gasteiger partial charge on any atom is -0.398 e. The number of hydrogen-bond donors (Lipinski definition) is 2. The van der Waals surface area contributed by atoms with Gasteiger partial charge in [0.15, 0.2) is 0 Å². The van der Waals surface area contributed by atoms with Crippen LogP contribution < -0.4 is 11.1 Å². The molecule has 0 unspecified atom stereocenters. The summed E-state index contributed by atoms with van der Waals surface area (Å²) >= 11 is 0. The highest BCUT2D eigenvalue weighted by Gasteiger charge is 2.01. The molecule has 1 aromatic carbocycles. The molecule has 0 aromatic heterocycles. The van der Waals surface area contributed by atoms with E-state index in [1.54, 1.807) is 0 Å². The molecule has 3 N–H and O–H groups in total. The van der Waals surface area contributed by atoms with Crippen molar-refractivity contribution in [3.8, 4) is 11.8 Å². The van der Waals surface area contributed by atoms with E-state index in [9.17, 15) is 4.79 Å². The number of amides is 1. The molecule has 0 atom stereocenters. The van der Waals surface area contributed by atoms with Gasteiger partial charge in [0.2, 0.25) is 5.91 Å². The largest absolute Gasteiger partial charge is 0.398 e. The fraction of sp³-hybridized carbons (Fsp3) is 0.357. The van der Waals surface area contributed by atoms with Crippen LogP contribution in [-0.2, 0) is 4.79 Å². The van der Waals surface area contributed by atoms with Gasteiger partial charge in [0, 0.05) is 18.2 Å². The third kappa shape index (κ3) is 4.20. The number of nitrogen functional groups attached to an aromatic ring is 1. The SMILES string of the molecule is CC(=O)NCC#Cc1cc(C(C)C)ccc1N. The van der Waals surface area contributed by atoms with Crippen molar-refractivity contribution in [1.82, 2.24) is 5.32 Å². The van der Waals surface area contributed by atoms with Gasteiger partial charge in [0.25, 0.3) is 0 Å². The maximum atomic E-state index is 10.7. The standard InChI is InChI=1S/C14H18N2O/c1-10(2)12-6-7-14(15)13(9-12)5-4-8-16-11(3)17/h6-7,9-10H,8,15H2,1-3H3,(H,16,17). The zero-order valence-electron chi connectivity index (χ0n) is 10.5. The second-order valence-corrected chi connectivity index (χ2v) is 4.21. The highest BCUT2D eigenvalue weighted by Crippen LogP contribution is 2.19. The van der Waals surface area contributed by atoms with Crippen LogP contribution in [0.25, 0.3) is 0 Å². The molecule has 1 amide bonds. The highest BCUT2D eigenvalue weighted by molar-refractivity contribution is 5.73. The quantitative estimate of drug-likeness (QED) is 0.602. The summed E-state index contributed by atoms with van der Waals surface area (Å²) < 4.78 is 0. The average molecular weight is 230 g/mol. The van der Waals surface area contributed by atoms with Crippen molar-refractivity contribution in [1.29, 1.82) is 0 Å². The molecule has 0 aliphatic heterocycles. The van der Waals surface area contributed by atoms with E-state index in [-0.39, 0.29) is 5.91 Å². The predicted octanol–water partition coefficient (Wildman–Crippen LogP) is 1.88. The number of nitrogens with two attached hydrogens (primary N) is 1. The Labute approximate surface area is 102 Å². The van der Waals surface area contributed by atoms with Crippen LogP contribution in [0.5, 0.6) is 0 Å². The van der Waals surface area contributed by atoms with Crippen LogP contribution in [0, 0.1) is 11.8 Å². The Morgan fingerprint density at radius 3 is 2.76 bits per heavy atom. The van der Waals surface area contributed by atoms with E-state index in [1.165, 1.54) is 12.5 Å². The van der Waals surface area contributed by atoms with Crippen molar-refractivity contribution < 1.29 is 4.79 Å². The molecule has 90 valence electrons. The molecule has 3 heteroatoms. The zero-order chi connectivity index (χ0) is 12.8. The van der Waals surface area contributed by atoms with Crippen LogP contribution in [0.3, 0.4) is 0 Å². The predicted molar refractivity (Wildman–Crippen MR) is 70.5 cm³/mol. The second kappa shape index (κ2) is 5.95. The Bertz CT molecular complexity index is 467. The number of anilines is 1. The summed E-state index contributed by atoms with van der Waals surface area (Å²) in [7, 11) is 0. The van der Waals surface area contributed by atoms with Crippen molar-refractivity contribution >= 4 is 11.6 Å². The molecule has 0 heterocycles. The third-order valence-corrected chi connectivity index (χ3v) is 2.39. The van der Waals surface area contributed by atoms with E-state index in [4.69, 9.17) is 5.73 Å². The lowest BCUT2D eigenvalue weighted by atomic mass is 10.00. The molecule has 0 aliphatic rings. The fourth-order valence-corrected chi connectivity index (χ4v) is 1.35. The molecular formula is C14H18N2O. The van der Waals surface area contributed by atoms with E-state index >= 15 is 0 Å². The number of carbonyl (C=O) groups excluding carboxylic acids is 1. The summed E-state index contributed by atoms with van der Waals surface area (Å²) in [6.45, 7) is 6.07. The van der Waals surface area contributed by atoms with Crippen LogP contribution in [-0.4, -0.2) is 12.5 Å². The first-order chi connectivity index (χ1) is 8.00. The number of benzene rings is 1. The summed E-state index contributed by atoms with van der Waals surface area (Å²) in [6.07, 6.45) is 0. The monoisotopic (exact) mass is 230 g/mol. The van der Waals surface area contributed by atoms with Gasteiger partial charge < -0.3 is 11.1 Å². The van der Waals surface area contributed by atoms with Crippen molar-refractivity contribution in [2.75, 3.05) is 12.3 Å². The van der Waals surface area contributed by atoms with Gasteiger partial charge in [-0.3, -0.25) is 4.79 Å². The smallest absolute Gasteiger partial charge is 0.217 e. The molecule has 0 radical (unpaired) electrons. The van der Waals surface area contributed by atoms with E-state index in [1.807, 2.05) is 18.2 Å². The highest BCUT2D eigenvalue weighted by atomic mass is 16.1. The molecule has 0 aliphatic carbocycles. The van der Waals surface area contributed by atoms with Gasteiger partial charge in [-0.1, -0.05) is 31.8 Å². The Morgan fingerprint density at radius 1 is 1.47 bits per heavy atom. The lowest BCUT2D eigenvalue weighted by Crippen LogP contribution is -2.19. The topological polar surface area (TPSA) is 55.1 Å². The normalized spacial score (nSPS) is 9.65. The Kier molecular flexibility index (Phi) is 4.59. The molecule has 0 saturated carbocycles. The van der Waals surface area contributed by atoms with Crippen LogP contribution in [0.1, 0.15) is 37.8 Å². The van der Waals surface area contributed by atoms with Crippen molar-refractivity contribution in [2.24, 2.45) is 0 Å². The number of rotatable bonds is 2. The first-order valence-corrected chi connectivity index (χ1v) is 5.63. The first-order valence-electron chi connectivity index (χ1n) is 5.63. The summed E-state index contributed by atoms with van der Waals surface area (Å²) in [5.74, 6) is 6.22. The Balaban J connectivity index is 2.82. The van der Waals surface area contributed by atoms with Crippen molar-refractivity contribution in [2.45, 2.75) is 26.7 Å². The van der Waals surface area contributed by atoms with Crippen LogP contribution in [0.4, 0.5) is 5.69 Å². The van der Waals surface area contributed by atoms with E-state index in [2.05, 4.69) is 31.0 Å². The van der Waals surface area contributed by atoms with Crippen molar-refractivity contribution in [3.63, 3.8) is 0 Å². The van der Waals surface area contributed by atoms with Gasteiger partial charge in [0.1, 0.15) is 0 Å². The zero-order valence-corrected chi connectivity index (χ0v) is 10.5. The fourth-order valence-electron chi connectivity index (χ4n) is 1.35. The van der Waals surface area contributed by atoms with E-state index in [0.717, 1.165) is 5.56 Å². The molecule has 0 bridgehead atoms. The molecular weight excluding hydrogens is 212 g/mol. The maximum absolute atomic E-state index is 10.7. The third-order valence-electron chi connectivity index (χ3n) is 2.39. The van der Waals surface area contributed by atoms with E-state index < -0.39 is 0 Å². The summed E-state index contributed by atoms with van der Waals surface area (Å²) in [5.41, 5.74) is 8.54. The van der Waals surface area contributed by atoms with Crippen LogP contribution in [0.2, 0.25) is 0 Å². The Morgan fingerprint density at radius 2 is 2.18 bits per heavy atom. The molecule has 0 spiro atoms. The summed E-state index contributed by atoms with van der Waals surface area (Å²) in [5, 5.41) is 2.62. The van der Waals surface area contributed by atoms with Gasteiger partial charge in [-0.25, -0.2) is 0 Å². The molecule has 17 heavy (non-hydrogen) atoms. The lowest BCUT2D eigenvalue weighted by Gasteiger charge is -2.07. The van der Waals surface area contributed by atoms with Gasteiger partial charge in [-0.2, -0.15) is 0 Å². The van der Waals surface area contributed by atoms with Gasteiger partial charge in [-0.15, -0.1) is 0 Å². The van der Waals surface area contributed by atoms with Crippen LogP contribution in [0.15, 0.2) is 18.2 Å². The first kappa shape index (κ1) is 13.1. The average Bonchev–Trinajstić information content (AvgIpc) is 2.25. The molecule has 0 saturated heterocycles. The summed E-state index contributed by atoms with van der Waals surface area (Å²) in [4.78, 5) is 10.7. The van der Waals surface area contributed by atoms with Crippen LogP contribution >= 0.6 is 0 Å². The van der Waals surface area contributed by atoms with Gasteiger partial charge >= 0.3 is 0 Å². The molecule has 1 rings (SSSR count). The number of carbonyl (C=O) groups is 1. The van der Waals surface area contributed by atoms with Crippen molar-refractivity contribution in [3.05, 3.63) is 29.3 Å². The van der Waals surface area contributed by atoms with Gasteiger partial charge in [0.05, 0.1) is 6.54 Å². The van der Waals surface area contributed by atoms with E-state index in [0.29, 0.717) is 18.2 Å². The minimum absolute atomic E-state index is 0.0804. The second-order valence-electron chi connectivity index (χ2n) is 4.21.